The van der Waals surface area contributed by atoms with E-state index in [1.54, 1.807) is 4.57 Å². The smallest absolute Gasteiger partial charge is 0.253 e. The molecule has 4 heteroatoms. The Bertz CT molecular complexity index is 931. The van der Waals surface area contributed by atoms with E-state index in [0.717, 1.165) is 42.9 Å². The number of hydrogen-bond donors (Lipinski definition) is 0. The molecule has 1 aromatic carbocycles. The molecule has 1 aliphatic carbocycles. The van der Waals surface area contributed by atoms with Crippen molar-refractivity contribution >= 4 is 0 Å². The minimum absolute atomic E-state index is 0.0941. The van der Waals surface area contributed by atoms with E-state index >= 15 is 0 Å². The van der Waals surface area contributed by atoms with Crippen LogP contribution in [-0.2, 0) is 12.6 Å². The molecule has 144 valence electrons. The van der Waals surface area contributed by atoms with Crippen LogP contribution in [0.3, 0.4) is 0 Å². The molecular weight excluding hydrogens is 334 g/mol. The Hall–Kier alpha value is -1.91. The summed E-state index contributed by atoms with van der Waals surface area (Å²) in [5.41, 5.74) is 7.52. The molecule has 1 saturated heterocycles. The van der Waals surface area contributed by atoms with Gasteiger partial charge in [0.2, 0.25) is 0 Å². The maximum Gasteiger partial charge on any atom is 0.253 e. The number of piperazine rings is 1. The van der Waals surface area contributed by atoms with Crippen LogP contribution >= 0.6 is 0 Å². The van der Waals surface area contributed by atoms with Gasteiger partial charge in [0.15, 0.2) is 0 Å². The Labute approximate surface area is 162 Å². The van der Waals surface area contributed by atoms with Crippen molar-refractivity contribution < 1.29 is 0 Å². The molecule has 0 atom stereocenters. The van der Waals surface area contributed by atoms with Crippen molar-refractivity contribution in [2.45, 2.75) is 39.2 Å². The first kappa shape index (κ1) is 18.5. The van der Waals surface area contributed by atoms with Gasteiger partial charge in [-0.2, -0.15) is 0 Å². The Morgan fingerprint density at radius 3 is 2.19 bits per heavy atom. The number of nitrogens with zero attached hydrogens (tertiary/aromatic N) is 3. The van der Waals surface area contributed by atoms with Gasteiger partial charge in [-0.3, -0.25) is 9.69 Å². The van der Waals surface area contributed by atoms with Crippen LogP contribution in [0.25, 0.3) is 11.1 Å². The second kappa shape index (κ2) is 6.61. The third kappa shape index (κ3) is 3.05. The molecule has 1 aromatic heterocycles. The van der Waals surface area contributed by atoms with Crippen molar-refractivity contribution in [1.29, 1.82) is 0 Å². The molecule has 4 nitrogen and oxygen atoms in total. The SMILES string of the molecule is Cc1cc(-c2cn(C)c(=O)c(C)c2C)ccc1C1(N2CCN(C)CC2)CC1. The van der Waals surface area contributed by atoms with Gasteiger partial charge < -0.3 is 9.47 Å². The second-order valence-corrected chi connectivity index (χ2v) is 8.56. The van der Waals surface area contributed by atoms with Gasteiger partial charge in [-0.05, 0) is 62.9 Å². The van der Waals surface area contributed by atoms with Crippen molar-refractivity contribution in [2.24, 2.45) is 7.05 Å². The minimum Gasteiger partial charge on any atom is -0.318 e. The number of hydrogen-bond acceptors (Lipinski definition) is 3. The van der Waals surface area contributed by atoms with Gasteiger partial charge in [-0.1, -0.05) is 18.2 Å². The first-order valence-corrected chi connectivity index (χ1v) is 10.1. The summed E-state index contributed by atoms with van der Waals surface area (Å²) >= 11 is 0. The Kier molecular flexibility index (Phi) is 4.52. The van der Waals surface area contributed by atoms with E-state index < -0.39 is 0 Å². The number of aryl methyl sites for hydroxylation is 2. The zero-order chi connectivity index (χ0) is 19.3. The molecule has 0 N–H and O–H groups in total. The summed E-state index contributed by atoms with van der Waals surface area (Å²) in [6.45, 7) is 10.9. The largest absolute Gasteiger partial charge is 0.318 e. The van der Waals surface area contributed by atoms with Gasteiger partial charge >= 0.3 is 0 Å². The summed E-state index contributed by atoms with van der Waals surface area (Å²) in [7, 11) is 4.06. The molecule has 2 heterocycles. The normalized spacial score (nSPS) is 20.0. The highest BCUT2D eigenvalue weighted by Crippen LogP contribution is 2.52. The van der Waals surface area contributed by atoms with E-state index in [-0.39, 0.29) is 11.1 Å². The van der Waals surface area contributed by atoms with Crippen LogP contribution in [-0.4, -0.2) is 47.6 Å². The minimum atomic E-state index is 0.0941. The average Bonchev–Trinajstić information content (AvgIpc) is 3.45. The lowest BCUT2D eigenvalue weighted by Gasteiger charge is -2.39. The lowest BCUT2D eigenvalue weighted by Crippen LogP contribution is -2.49. The van der Waals surface area contributed by atoms with Gasteiger partial charge in [0.25, 0.3) is 5.56 Å². The van der Waals surface area contributed by atoms with Gasteiger partial charge in [0.05, 0.1) is 0 Å². The van der Waals surface area contributed by atoms with Crippen LogP contribution in [0.15, 0.2) is 29.2 Å². The maximum atomic E-state index is 12.2. The highest BCUT2D eigenvalue weighted by molar-refractivity contribution is 5.69. The zero-order valence-electron chi connectivity index (χ0n) is 17.3. The standard InChI is InChI=1S/C23H31N3O/c1-16-14-19(20-15-25(5)22(27)18(3)17(20)2)6-7-21(16)23(8-9-23)26-12-10-24(4)11-13-26/h6-7,14-15H,8-13H2,1-5H3. The van der Waals surface area contributed by atoms with Crippen molar-refractivity contribution in [1.82, 2.24) is 14.4 Å². The Balaban J connectivity index is 1.69. The van der Waals surface area contributed by atoms with Crippen molar-refractivity contribution in [3.8, 4) is 11.1 Å². The summed E-state index contributed by atoms with van der Waals surface area (Å²) in [6.07, 6.45) is 4.52. The number of aromatic nitrogens is 1. The number of pyridine rings is 1. The number of rotatable bonds is 3. The first-order valence-electron chi connectivity index (χ1n) is 10.1. The van der Waals surface area contributed by atoms with Crippen molar-refractivity contribution in [2.75, 3.05) is 33.2 Å². The van der Waals surface area contributed by atoms with Gasteiger partial charge in [0.1, 0.15) is 0 Å². The molecule has 1 saturated carbocycles. The molecular formula is C23H31N3O. The molecule has 0 radical (unpaired) electrons. The monoisotopic (exact) mass is 365 g/mol. The second-order valence-electron chi connectivity index (χ2n) is 8.56. The molecule has 0 bridgehead atoms. The molecule has 27 heavy (non-hydrogen) atoms. The summed E-state index contributed by atoms with van der Waals surface area (Å²) in [4.78, 5) is 17.3. The van der Waals surface area contributed by atoms with Gasteiger partial charge in [0, 0.05) is 56.1 Å². The predicted molar refractivity (Wildman–Crippen MR) is 111 cm³/mol. The summed E-state index contributed by atoms with van der Waals surface area (Å²) in [6, 6.07) is 6.91. The molecule has 1 aliphatic heterocycles. The van der Waals surface area contributed by atoms with E-state index in [4.69, 9.17) is 0 Å². The third-order valence-corrected chi connectivity index (χ3v) is 6.80. The Morgan fingerprint density at radius 2 is 1.59 bits per heavy atom. The van der Waals surface area contributed by atoms with Crippen LogP contribution < -0.4 is 5.56 Å². The number of benzene rings is 1. The summed E-state index contributed by atoms with van der Waals surface area (Å²) in [5, 5.41) is 0. The zero-order valence-corrected chi connectivity index (χ0v) is 17.3. The third-order valence-electron chi connectivity index (χ3n) is 6.80. The molecule has 0 unspecified atom stereocenters. The molecule has 2 fully saturated rings. The lowest BCUT2D eigenvalue weighted by molar-refractivity contribution is 0.0973. The van der Waals surface area contributed by atoms with E-state index in [2.05, 4.69) is 48.9 Å². The lowest BCUT2D eigenvalue weighted by atomic mass is 9.92. The predicted octanol–water partition coefficient (Wildman–Crippen LogP) is 3.21. The molecule has 2 aliphatic rings. The molecule has 2 aromatic rings. The molecule has 4 rings (SSSR count). The van der Waals surface area contributed by atoms with Gasteiger partial charge in [-0.25, -0.2) is 0 Å². The topological polar surface area (TPSA) is 28.5 Å². The van der Waals surface area contributed by atoms with Crippen LogP contribution in [0.5, 0.6) is 0 Å². The van der Waals surface area contributed by atoms with Crippen molar-refractivity contribution in [3.05, 3.63) is 57.0 Å². The molecule has 0 spiro atoms. The van der Waals surface area contributed by atoms with E-state index in [9.17, 15) is 4.79 Å². The van der Waals surface area contributed by atoms with Crippen LogP contribution in [0, 0.1) is 20.8 Å². The van der Waals surface area contributed by atoms with E-state index in [1.807, 2.05) is 20.2 Å². The fourth-order valence-electron chi connectivity index (χ4n) is 4.73. The Morgan fingerprint density at radius 1 is 0.926 bits per heavy atom. The van der Waals surface area contributed by atoms with Crippen LogP contribution in [0.4, 0.5) is 0 Å². The summed E-state index contributed by atoms with van der Waals surface area (Å²) < 4.78 is 1.70. The van der Waals surface area contributed by atoms with Crippen molar-refractivity contribution in [3.63, 3.8) is 0 Å². The first-order chi connectivity index (χ1) is 12.8. The van der Waals surface area contributed by atoms with E-state index in [0.29, 0.717) is 0 Å². The fraction of sp³-hybridized carbons (Fsp3) is 0.522. The number of likely N-dealkylation sites (N-methyl/N-ethyl adjacent to an activating group) is 1. The van der Waals surface area contributed by atoms with Crippen LogP contribution in [0.2, 0.25) is 0 Å². The van der Waals surface area contributed by atoms with E-state index in [1.165, 1.54) is 29.5 Å². The highest BCUT2D eigenvalue weighted by atomic mass is 16.1. The van der Waals surface area contributed by atoms with Crippen LogP contribution in [0.1, 0.15) is 35.1 Å². The maximum absolute atomic E-state index is 12.2. The highest BCUT2D eigenvalue weighted by Gasteiger charge is 2.50. The quantitative estimate of drug-likeness (QED) is 0.836. The average molecular weight is 366 g/mol. The summed E-state index contributed by atoms with van der Waals surface area (Å²) in [5.74, 6) is 0. The fourth-order valence-corrected chi connectivity index (χ4v) is 4.73. The molecule has 0 amide bonds. The van der Waals surface area contributed by atoms with Gasteiger partial charge in [-0.15, -0.1) is 0 Å².